The summed E-state index contributed by atoms with van der Waals surface area (Å²) < 4.78 is 5.66. The molecule has 1 atom stereocenters. The standard InChI is InChI=1S/C31H32N4O2S/c32-28(30-35-34-29(38-30)21-8-2-1-3-9-21)18-20-14-16-22(17-15-20)33-31(36)37-19-27-25-12-6-4-10-23(25)24-11-5-7-13-26(24)27/h4-7,10-17,21,27-28H,1-3,8-9,18-19,32H2,(H,33,36)/t28-/m0/s1. The van der Waals surface area contributed by atoms with Gasteiger partial charge in [0.2, 0.25) is 0 Å². The van der Waals surface area contributed by atoms with Gasteiger partial charge in [0.1, 0.15) is 16.6 Å². The first-order valence-electron chi connectivity index (χ1n) is 13.5. The Balaban J connectivity index is 1.03. The molecule has 3 aromatic carbocycles. The van der Waals surface area contributed by atoms with Gasteiger partial charge in [-0.15, -0.1) is 10.2 Å². The highest BCUT2D eigenvalue weighted by atomic mass is 32.1. The molecule has 0 bridgehead atoms. The first-order chi connectivity index (χ1) is 18.7. The van der Waals surface area contributed by atoms with Crippen molar-refractivity contribution in [2.45, 2.75) is 56.4 Å². The van der Waals surface area contributed by atoms with E-state index in [9.17, 15) is 4.79 Å². The SMILES string of the molecule is N[C@@H](Cc1ccc(NC(=O)OCC2c3ccccc3-c3ccccc32)cc1)c1nnc(C2CCCCC2)s1. The molecular weight excluding hydrogens is 492 g/mol. The molecule has 0 aliphatic heterocycles. The Morgan fingerprint density at radius 1 is 0.921 bits per heavy atom. The Morgan fingerprint density at radius 2 is 1.58 bits per heavy atom. The van der Waals surface area contributed by atoms with Gasteiger partial charge in [0.15, 0.2) is 0 Å². The van der Waals surface area contributed by atoms with Crippen molar-refractivity contribution in [3.05, 3.63) is 99.5 Å². The maximum Gasteiger partial charge on any atom is 0.411 e. The van der Waals surface area contributed by atoms with E-state index in [1.807, 2.05) is 48.5 Å². The number of nitrogens with two attached hydrogens (primary N) is 1. The Hall–Kier alpha value is -3.55. The number of benzene rings is 3. The summed E-state index contributed by atoms with van der Waals surface area (Å²) in [6, 6.07) is 24.2. The second kappa shape index (κ2) is 11.1. The summed E-state index contributed by atoms with van der Waals surface area (Å²) >= 11 is 1.66. The number of nitrogens with one attached hydrogen (secondary N) is 1. The monoisotopic (exact) mass is 524 g/mol. The van der Waals surface area contributed by atoms with Crippen LogP contribution in [-0.2, 0) is 11.2 Å². The zero-order chi connectivity index (χ0) is 25.9. The van der Waals surface area contributed by atoms with E-state index in [2.05, 4.69) is 39.8 Å². The summed E-state index contributed by atoms with van der Waals surface area (Å²) in [6.07, 6.45) is 6.52. The summed E-state index contributed by atoms with van der Waals surface area (Å²) in [4.78, 5) is 12.6. The molecule has 2 aliphatic rings. The fourth-order valence-corrected chi connectivity index (χ4v) is 6.74. The first-order valence-corrected chi connectivity index (χ1v) is 14.3. The minimum atomic E-state index is -0.458. The zero-order valence-electron chi connectivity index (χ0n) is 21.3. The van der Waals surface area contributed by atoms with Crippen LogP contribution in [0, 0.1) is 0 Å². The third-order valence-corrected chi connectivity index (χ3v) is 8.95. The Labute approximate surface area is 227 Å². The van der Waals surface area contributed by atoms with Crippen molar-refractivity contribution >= 4 is 23.1 Å². The van der Waals surface area contributed by atoms with Crippen LogP contribution in [0.3, 0.4) is 0 Å². The highest BCUT2D eigenvalue weighted by Gasteiger charge is 2.29. The van der Waals surface area contributed by atoms with Crippen molar-refractivity contribution < 1.29 is 9.53 Å². The smallest absolute Gasteiger partial charge is 0.411 e. The van der Waals surface area contributed by atoms with E-state index in [-0.39, 0.29) is 18.6 Å². The summed E-state index contributed by atoms with van der Waals surface area (Å²) in [7, 11) is 0. The molecular formula is C31H32N4O2S. The third kappa shape index (κ3) is 5.22. The number of amides is 1. The van der Waals surface area contributed by atoms with Crippen LogP contribution < -0.4 is 11.1 Å². The van der Waals surface area contributed by atoms with E-state index in [1.54, 1.807) is 11.3 Å². The van der Waals surface area contributed by atoms with Gasteiger partial charge in [0.25, 0.3) is 0 Å². The molecule has 4 aromatic rings. The molecule has 1 fully saturated rings. The number of ether oxygens (including phenoxy) is 1. The molecule has 2 aliphatic carbocycles. The minimum Gasteiger partial charge on any atom is -0.448 e. The lowest BCUT2D eigenvalue weighted by Gasteiger charge is -2.18. The molecule has 3 N–H and O–H groups in total. The van der Waals surface area contributed by atoms with Crippen LogP contribution in [0.1, 0.15) is 76.7 Å². The Bertz CT molecular complexity index is 1370. The molecule has 0 saturated heterocycles. The van der Waals surface area contributed by atoms with Crippen molar-refractivity contribution in [2.24, 2.45) is 5.73 Å². The fourth-order valence-electron chi connectivity index (χ4n) is 5.73. The van der Waals surface area contributed by atoms with Gasteiger partial charge in [-0.1, -0.05) is 91.3 Å². The van der Waals surface area contributed by atoms with E-state index in [0.29, 0.717) is 18.0 Å². The predicted molar refractivity (Wildman–Crippen MR) is 152 cm³/mol. The lowest BCUT2D eigenvalue weighted by molar-refractivity contribution is 0.158. The van der Waals surface area contributed by atoms with Crippen molar-refractivity contribution in [2.75, 3.05) is 11.9 Å². The zero-order valence-corrected chi connectivity index (χ0v) is 22.1. The largest absolute Gasteiger partial charge is 0.448 e. The quantitative estimate of drug-likeness (QED) is 0.267. The van der Waals surface area contributed by atoms with E-state index in [4.69, 9.17) is 10.5 Å². The fraction of sp³-hybridized carbons (Fsp3) is 0.323. The number of carbonyl (C=O) groups excluding carboxylic acids is 1. The molecule has 38 heavy (non-hydrogen) atoms. The van der Waals surface area contributed by atoms with Gasteiger partial charge in [-0.2, -0.15) is 0 Å². The number of aromatic nitrogens is 2. The number of anilines is 1. The summed E-state index contributed by atoms with van der Waals surface area (Å²) in [6.45, 7) is 0.289. The van der Waals surface area contributed by atoms with Crippen molar-refractivity contribution in [1.82, 2.24) is 10.2 Å². The van der Waals surface area contributed by atoms with Crippen LogP contribution >= 0.6 is 11.3 Å². The molecule has 0 radical (unpaired) electrons. The molecule has 0 spiro atoms. The van der Waals surface area contributed by atoms with E-state index < -0.39 is 6.09 Å². The number of carbonyl (C=O) groups is 1. The topological polar surface area (TPSA) is 90.1 Å². The summed E-state index contributed by atoms with van der Waals surface area (Å²) in [5, 5.41) is 13.7. The first kappa shape index (κ1) is 24.8. The Morgan fingerprint density at radius 3 is 2.26 bits per heavy atom. The molecule has 1 saturated carbocycles. The second-order valence-corrected chi connectivity index (χ2v) is 11.3. The van der Waals surface area contributed by atoms with Crippen LogP contribution in [0.2, 0.25) is 0 Å². The van der Waals surface area contributed by atoms with Gasteiger partial charge >= 0.3 is 6.09 Å². The number of hydrogen-bond acceptors (Lipinski definition) is 6. The molecule has 6 nitrogen and oxygen atoms in total. The van der Waals surface area contributed by atoms with Crippen molar-refractivity contribution in [3.63, 3.8) is 0 Å². The van der Waals surface area contributed by atoms with Gasteiger partial charge in [0, 0.05) is 17.5 Å². The predicted octanol–water partition coefficient (Wildman–Crippen LogP) is 7.19. The normalized spacial score (nSPS) is 16.0. The van der Waals surface area contributed by atoms with E-state index in [0.717, 1.165) is 15.6 Å². The van der Waals surface area contributed by atoms with Crippen LogP contribution in [-0.4, -0.2) is 22.9 Å². The van der Waals surface area contributed by atoms with Gasteiger partial charge in [0.05, 0.1) is 6.04 Å². The van der Waals surface area contributed by atoms with Gasteiger partial charge in [-0.25, -0.2) is 4.79 Å². The average molecular weight is 525 g/mol. The van der Waals surface area contributed by atoms with Crippen molar-refractivity contribution in [1.29, 1.82) is 0 Å². The second-order valence-electron chi connectivity index (χ2n) is 10.3. The molecule has 194 valence electrons. The number of rotatable bonds is 7. The van der Waals surface area contributed by atoms with Gasteiger partial charge in [-0.05, 0) is 59.2 Å². The number of fused-ring (bicyclic) bond motifs is 3. The van der Waals surface area contributed by atoms with E-state index in [1.165, 1.54) is 54.4 Å². The van der Waals surface area contributed by atoms with E-state index >= 15 is 0 Å². The maximum atomic E-state index is 12.6. The number of hydrogen-bond donors (Lipinski definition) is 2. The molecule has 6 rings (SSSR count). The van der Waals surface area contributed by atoms with Gasteiger partial charge in [-0.3, -0.25) is 5.32 Å². The lowest BCUT2D eigenvalue weighted by atomic mass is 9.90. The number of nitrogens with zero attached hydrogens (tertiary/aromatic N) is 2. The molecule has 0 unspecified atom stereocenters. The van der Waals surface area contributed by atoms with Crippen LogP contribution in [0.15, 0.2) is 72.8 Å². The minimum absolute atomic E-state index is 0.0380. The molecule has 1 aromatic heterocycles. The average Bonchev–Trinajstić information content (AvgIpc) is 3.57. The van der Waals surface area contributed by atoms with Crippen molar-refractivity contribution in [3.8, 4) is 11.1 Å². The maximum absolute atomic E-state index is 12.6. The Kier molecular flexibility index (Phi) is 7.20. The highest BCUT2D eigenvalue weighted by molar-refractivity contribution is 7.11. The highest BCUT2D eigenvalue weighted by Crippen LogP contribution is 2.44. The van der Waals surface area contributed by atoms with Crippen LogP contribution in [0.5, 0.6) is 0 Å². The van der Waals surface area contributed by atoms with Crippen LogP contribution in [0.4, 0.5) is 10.5 Å². The molecule has 7 heteroatoms. The summed E-state index contributed by atoms with van der Waals surface area (Å²) in [5.41, 5.74) is 13.1. The van der Waals surface area contributed by atoms with Gasteiger partial charge < -0.3 is 10.5 Å². The van der Waals surface area contributed by atoms with Crippen LogP contribution in [0.25, 0.3) is 11.1 Å². The molecule has 1 amide bonds. The lowest BCUT2D eigenvalue weighted by Crippen LogP contribution is -2.18. The third-order valence-electron chi connectivity index (χ3n) is 7.73. The molecule has 1 heterocycles. The summed E-state index contributed by atoms with van der Waals surface area (Å²) in [5.74, 6) is 0.585.